The number of ether oxygens (including phenoxy) is 3. The largest absolute Gasteiger partial charge is 0.493 e. The predicted molar refractivity (Wildman–Crippen MR) is 102 cm³/mol. The van der Waals surface area contributed by atoms with Crippen molar-refractivity contribution in [2.24, 2.45) is 5.41 Å². The molecule has 2 rings (SSSR count). The van der Waals surface area contributed by atoms with E-state index in [1.807, 2.05) is 0 Å². The topological polar surface area (TPSA) is 85.2 Å². The van der Waals surface area contributed by atoms with Crippen LogP contribution in [0.3, 0.4) is 0 Å². The molecule has 0 saturated carbocycles. The van der Waals surface area contributed by atoms with E-state index in [1.54, 1.807) is 48.5 Å². The summed E-state index contributed by atoms with van der Waals surface area (Å²) in [7, 11) is 2.87. The lowest BCUT2D eigenvalue weighted by Crippen LogP contribution is -2.41. The molecule has 0 radical (unpaired) electrons. The summed E-state index contributed by atoms with van der Waals surface area (Å²) < 4.78 is 16.1. The first-order valence-electron chi connectivity index (χ1n) is 8.35. The lowest BCUT2D eigenvalue weighted by atomic mass is 9.81. The molecule has 0 aliphatic rings. The van der Waals surface area contributed by atoms with Gasteiger partial charge < -0.3 is 24.4 Å². The van der Waals surface area contributed by atoms with Gasteiger partial charge in [0.1, 0.15) is 5.41 Å². The number of methoxy groups -OCH3 is 2. The molecule has 0 amide bonds. The second kappa shape index (κ2) is 8.70. The van der Waals surface area contributed by atoms with Gasteiger partial charge in [-0.25, -0.2) is 0 Å². The minimum absolute atomic E-state index is 0.0653. The average Bonchev–Trinajstić information content (AvgIpc) is 2.72. The highest BCUT2D eigenvalue weighted by molar-refractivity contribution is 5.81. The highest BCUT2D eigenvalue weighted by Gasteiger charge is 2.43. The quantitative estimate of drug-likeness (QED) is 0.547. The van der Waals surface area contributed by atoms with Crippen molar-refractivity contribution in [2.75, 3.05) is 20.8 Å². The first kappa shape index (κ1) is 20.5. The van der Waals surface area contributed by atoms with E-state index in [4.69, 9.17) is 14.2 Å². The fourth-order valence-corrected chi connectivity index (χ4v) is 2.59. The van der Waals surface area contributed by atoms with Gasteiger partial charge in [0.2, 0.25) is 5.75 Å². The SMILES string of the molecule is C=Cc1cc(OC)c(OC(=O)C(C)(CO)C(O)c2ccccc2)c(OC)c1. The van der Waals surface area contributed by atoms with Crippen LogP contribution in [0.4, 0.5) is 0 Å². The highest BCUT2D eigenvalue weighted by Crippen LogP contribution is 2.42. The van der Waals surface area contributed by atoms with Crippen LogP contribution in [0.25, 0.3) is 6.08 Å². The maximum Gasteiger partial charge on any atom is 0.322 e. The summed E-state index contributed by atoms with van der Waals surface area (Å²) in [5.74, 6) is -0.209. The van der Waals surface area contributed by atoms with E-state index < -0.39 is 24.1 Å². The summed E-state index contributed by atoms with van der Waals surface area (Å²) >= 11 is 0. The monoisotopic (exact) mass is 372 g/mol. The van der Waals surface area contributed by atoms with E-state index in [9.17, 15) is 15.0 Å². The van der Waals surface area contributed by atoms with Crippen molar-refractivity contribution in [2.45, 2.75) is 13.0 Å². The zero-order valence-corrected chi connectivity index (χ0v) is 15.6. The lowest BCUT2D eigenvalue weighted by molar-refractivity contribution is -0.156. The number of hydrogen-bond acceptors (Lipinski definition) is 6. The number of aliphatic hydroxyl groups is 2. The van der Waals surface area contributed by atoms with Gasteiger partial charge in [-0.3, -0.25) is 4.79 Å². The molecule has 0 spiro atoms. The van der Waals surface area contributed by atoms with Gasteiger partial charge in [0.25, 0.3) is 0 Å². The average molecular weight is 372 g/mol. The molecule has 0 aliphatic heterocycles. The van der Waals surface area contributed by atoms with Crippen LogP contribution in [0.1, 0.15) is 24.2 Å². The Morgan fingerprint density at radius 3 is 2.19 bits per heavy atom. The molecule has 0 aliphatic carbocycles. The second-order valence-corrected chi connectivity index (χ2v) is 6.24. The van der Waals surface area contributed by atoms with Gasteiger partial charge in [-0.1, -0.05) is 43.0 Å². The molecule has 6 nitrogen and oxygen atoms in total. The fraction of sp³-hybridized carbons (Fsp3) is 0.286. The van der Waals surface area contributed by atoms with Crippen molar-refractivity contribution < 1.29 is 29.2 Å². The molecule has 2 aromatic carbocycles. The number of carbonyl (C=O) groups is 1. The van der Waals surface area contributed by atoms with Crippen LogP contribution < -0.4 is 14.2 Å². The third-order valence-electron chi connectivity index (χ3n) is 4.43. The summed E-state index contributed by atoms with van der Waals surface area (Å²) in [5.41, 5.74) is -0.376. The van der Waals surface area contributed by atoms with E-state index in [1.165, 1.54) is 21.1 Å². The third-order valence-corrected chi connectivity index (χ3v) is 4.43. The Morgan fingerprint density at radius 1 is 1.19 bits per heavy atom. The first-order chi connectivity index (χ1) is 12.9. The van der Waals surface area contributed by atoms with E-state index in [2.05, 4.69) is 6.58 Å². The van der Waals surface area contributed by atoms with Crippen LogP contribution in [-0.4, -0.2) is 37.0 Å². The smallest absolute Gasteiger partial charge is 0.322 e. The molecular weight excluding hydrogens is 348 g/mol. The fourth-order valence-electron chi connectivity index (χ4n) is 2.59. The summed E-state index contributed by atoms with van der Waals surface area (Å²) in [4.78, 5) is 12.9. The van der Waals surface area contributed by atoms with Crippen molar-refractivity contribution in [3.8, 4) is 17.2 Å². The Kier molecular flexibility index (Phi) is 6.60. The summed E-state index contributed by atoms with van der Waals surface area (Å²) in [5, 5.41) is 20.6. The van der Waals surface area contributed by atoms with Gasteiger partial charge in [-0.15, -0.1) is 0 Å². The van der Waals surface area contributed by atoms with Crippen LogP contribution in [0.15, 0.2) is 49.0 Å². The Balaban J connectivity index is 2.41. The van der Waals surface area contributed by atoms with Gasteiger partial charge in [0.05, 0.1) is 26.9 Å². The van der Waals surface area contributed by atoms with Gasteiger partial charge in [0.15, 0.2) is 11.5 Å². The third kappa shape index (κ3) is 4.13. The predicted octanol–water partition coefficient (Wildman–Crippen LogP) is 2.98. The van der Waals surface area contributed by atoms with Crippen LogP contribution in [-0.2, 0) is 4.79 Å². The second-order valence-electron chi connectivity index (χ2n) is 6.24. The van der Waals surface area contributed by atoms with Crippen molar-refractivity contribution >= 4 is 12.0 Å². The van der Waals surface area contributed by atoms with Gasteiger partial charge >= 0.3 is 5.97 Å². The standard InChI is InChI=1S/C21H24O6/c1-5-14-11-16(25-3)18(17(12-14)26-4)27-20(24)21(2,13-22)19(23)15-9-7-6-8-10-15/h5-12,19,22-23H,1,13H2,2-4H3. The Labute approximate surface area is 158 Å². The van der Waals surface area contributed by atoms with E-state index in [0.717, 1.165) is 5.56 Å². The van der Waals surface area contributed by atoms with Crippen molar-refractivity contribution in [1.29, 1.82) is 0 Å². The zero-order valence-electron chi connectivity index (χ0n) is 15.6. The van der Waals surface area contributed by atoms with Crippen LogP contribution in [0, 0.1) is 5.41 Å². The van der Waals surface area contributed by atoms with Crippen molar-refractivity contribution in [3.05, 3.63) is 60.2 Å². The number of benzene rings is 2. The summed E-state index contributed by atoms with van der Waals surface area (Å²) in [6, 6.07) is 11.9. The Hall–Kier alpha value is -2.83. The van der Waals surface area contributed by atoms with Gasteiger partial charge in [0, 0.05) is 0 Å². The Bertz CT molecular complexity index is 777. The van der Waals surface area contributed by atoms with E-state index in [0.29, 0.717) is 5.56 Å². The Morgan fingerprint density at radius 2 is 1.74 bits per heavy atom. The molecule has 0 aromatic heterocycles. The first-order valence-corrected chi connectivity index (χ1v) is 8.35. The normalized spacial score (nSPS) is 14.0. The molecule has 144 valence electrons. The van der Waals surface area contributed by atoms with Crippen molar-refractivity contribution in [3.63, 3.8) is 0 Å². The van der Waals surface area contributed by atoms with Gasteiger partial charge in [-0.05, 0) is 30.2 Å². The minimum atomic E-state index is -1.59. The molecular formula is C21H24O6. The number of carbonyl (C=O) groups excluding carboxylic acids is 1. The number of rotatable bonds is 8. The van der Waals surface area contributed by atoms with Crippen LogP contribution in [0.5, 0.6) is 17.2 Å². The number of aliphatic hydroxyl groups excluding tert-OH is 2. The molecule has 0 fully saturated rings. The molecule has 27 heavy (non-hydrogen) atoms. The number of hydrogen-bond donors (Lipinski definition) is 2. The lowest BCUT2D eigenvalue weighted by Gasteiger charge is -2.30. The molecule has 0 heterocycles. The minimum Gasteiger partial charge on any atom is -0.493 e. The molecule has 2 N–H and O–H groups in total. The van der Waals surface area contributed by atoms with Crippen molar-refractivity contribution in [1.82, 2.24) is 0 Å². The van der Waals surface area contributed by atoms with Crippen LogP contribution >= 0.6 is 0 Å². The number of esters is 1. The zero-order chi connectivity index (χ0) is 20.0. The molecule has 2 unspecified atom stereocenters. The molecule has 0 bridgehead atoms. The molecule has 2 atom stereocenters. The summed E-state index contributed by atoms with van der Waals surface area (Å²) in [6.45, 7) is 4.52. The maximum absolute atomic E-state index is 12.9. The molecule has 6 heteroatoms. The van der Waals surface area contributed by atoms with E-state index >= 15 is 0 Å². The van der Waals surface area contributed by atoms with Gasteiger partial charge in [-0.2, -0.15) is 0 Å². The van der Waals surface area contributed by atoms with Crippen LogP contribution in [0.2, 0.25) is 0 Å². The summed E-state index contributed by atoms with van der Waals surface area (Å²) in [6.07, 6.45) is 0.342. The molecule has 0 saturated heterocycles. The van der Waals surface area contributed by atoms with E-state index in [-0.39, 0.29) is 17.2 Å². The molecule has 2 aromatic rings. The highest BCUT2D eigenvalue weighted by atomic mass is 16.6. The maximum atomic E-state index is 12.9.